The standard InChI is InChI=1S/C50H98N2O4S/c1-5-9-12-15-20-27-35-47(8-4)55-49(53)38-30-23-18-25-32-42-52(44-34-45-57-51-46-40-41-46)43-33-26-19-24-31-39-50(54)56-48(36-28-21-16-13-10-6-2)37-29-22-17-14-11-7-3/h46-48,51H,5-45H2,1-4H3. The molecule has 1 aliphatic rings. The summed E-state index contributed by atoms with van der Waals surface area (Å²) in [6.45, 7) is 12.5. The molecule has 0 spiro atoms. The maximum atomic E-state index is 12.8. The summed E-state index contributed by atoms with van der Waals surface area (Å²) < 4.78 is 15.5. The van der Waals surface area contributed by atoms with Gasteiger partial charge in [-0.2, -0.15) is 0 Å². The van der Waals surface area contributed by atoms with Crippen LogP contribution in [-0.4, -0.2) is 60.5 Å². The molecule has 1 rings (SSSR count). The van der Waals surface area contributed by atoms with Crippen molar-refractivity contribution in [3.63, 3.8) is 0 Å². The second-order valence-electron chi connectivity index (χ2n) is 17.8. The molecule has 57 heavy (non-hydrogen) atoms. The summed E-state index contributed by atoms with van der Waals surface area (Å²) in [5.41, 5.74) is 0. The van der Waals surface area contributed by atoms with Gasteiger partial charge in [0.1, 0.15) is 12.2 Å². The minimum Gasteiger partial charge on any atom is -0.462 e. The van der Waals surface area contributed by atoms with Crippen LogP contribution in [0.4, 0.5) is 0 Å². The molecule has 0 aromatic heterocycles. The summed E-state index contributed by atoms with van der Waals surface area (Å²) in [4.78, 5) is 28.0. The Morgan fingerprint density at radius 2 is 0.860 bits per heavy atom. The monoisotopic (exact) mass is 823 g/mol. The number of carbonyl (C=O) groups is 2. The number of rotatable bonds is 46. The molecule has 7 heteroatoms. The first kappa shape index (κ1) is 54.2. The van der Waals surface area contributed by atoms with Crippen LogP contribution in [0.3, 0.4) is 0 Å². The van der Waals surface area contributed by atoms with Crippen LogP contribution in [0.2, 0.25) is 0 Å². The maximum Gasteiger partial charge on any atom is 0.306 e. The molecule has 0 saturated heterocycles. The van der Waals surface area contributed by atoms with Crippen molar-refractivity contribution in [3.8, 4) is 0 Å². The van der Waals surface area contributed by atoms with Crippen LogP contribution in [0.25, 0.3) is 0 Å². The summed E-state index contributed by atoms with van der Waals surface area (Å²) >= 11 is 1.92. The predicted octanol–water partition coefficient (Wildman–Crippen LogP) is 15.2. The van der Waals surface area contributed by atoms with E-state index in [1.807, 2.05) is 11.9 Å². The molecule has 1 saturated carbocycles. The molecule has 0 amide bonds. The second kappa shape index (κ2) is 41.9. The Morgan fingerprint density at radius 1 is 0.491 bits per heavy atom. The van der Waals surface area contributed by atoms with Crippen LogP contribution < -0.4 is 4.72 Å². The minimum atomic E-state index is 0.0132. The van der Waals surface area contributed by atoms with E-state index in [4.69, 9.17) is 9.47 Å². The fraction of sp³-hybridized carbons (Fsp3) is 0.960. The van der Waals surface area contributed by atoms with Gasteiger partial charge in [0, 0.05) is 24.6 Å². The van der Waals surface area contributed by atoms with Crippen molar-refractivity contribution in [1.82, 2.24) is 9.62 Å². The molecule has 0 aromatic carbocycles. The van der Waals surface area contributed by atoms with E-state index in [1.165, 1.54) is 199 Å². The molecule has 1 N–H and O–H groups in total. The van der Waals surface area contributed by atoms with E-state index in [9.17, 15) is 9.59 Å². The third-order valence-corrected chi connectivity index (χ3v) is 12.9. The molecular weight excluding hydrogens is 725 g/mol. The number of hydrogen-bond donors (Lipinski definition) is 1. The highest BCUT2D eigenvalue weighted by Crippen LogP contribution is 2.22. The third kappa shape index (κ3) is 37.9. The van der Waals surface area contributed by atoms with Crippen molar-refractivity contribution in [2.24, 2.45) is 0 Å². The Morgan fingerprint density at radius 3 is 1.30 bits per heavy atom. The summed E-state index contributed by atoms with van der Waals surface area (Å²) in [5.74, 6) is 1.25. The van der Waals surface area contributed by atoms with Gasteiger partial charge in [0.2, 0.25) is 0 Å². The highest BCUT2D eigenvalue weighted by Gasteiger charge is 2.20. The smallest absolute Gasteiger partial charge is 0.306 e. The molecule has 0 heterocycles. The topological polar surface area (TPSA) is 67.9 Å². The van der Waals surface area contributed by atoms with Gasteiger partial charge < -0.3 is 14.4 Å². The normalized spacial score (nSPS) is 13.5. The molecular formula is C50H98N2O4S. The van der Waals surface area contributed by atoms with Crippen LogP contribution in [-0.2, 0) is 19.1 Å². The number of unbranched alkanes of at least 4 members (excludes halogenated alkanes) is 23. The summed E-state index contributed by atoms with van der Waals surface area (Å²) in [5, 5.41) is 0. The van der Waals surface area contributed by atoms with E-state index in [0.29, 0.717) is 12.8 Å². The van der Waals surface area contributed by atoms with E-state index < -0.39 is 0 Å². The summed E-state index contributed by atoms with van der Waals surface area (Å²) in [6.07, 6.45) is 44.2. The fourth-order valence-electron chi connectivity index (χ4n) is 7.90. The number of hydrogen-bond acceptors (Lipinski definition) is 7. The molecule has 0 aromatic rings. The molecule has 0 bridgehead atoms. The zero-order chi connectivity index (χ0) is 41.3. The van der Waals surface area contributed by atoms with Gasteiger partial charge in [-0.15, -0.1) is 0 Å². The second-order valence-corrected chi connectivity index (χ2v) is 18.7. The van der Waals surface area contributed by atoms with Crippen LogP contribution in [0, 0.1) is 0 Å². The van der Waals surface area contributed by atoms with Crippen molar-refractivity contribution in [2.45, 2.75) is 284 Å². The van der Waals surface area contributed by atoms with Crippen LogP contribution in [0.5, 0.6) is 0 Å². The number of nitrogens with zero attached hydrogens (tertiary/aromatic N) is 1. The summed E-state index contributed by atoms with van der Waals surface area (Å²) in [6, 6.07) is 0.768. The zero-order valence-electron chi connectivity index (χ0n) is 38.7. The summed E-state index contributed by atoms with van der Waals surface area (Å²) in [7, 11) is 0. The van der Waals surface area contributed by atoms with E-state index in [2.05, 4.69) is 37.3 Å². The highest BCUT2D eigenvalue weighted by atomic mass is 32.2. The van der Waals surface area contributed by atoms with Crippen molar-refractivity contribution in [2.75, 3.05) is 25.4 Å². The number of nitrogens with one attached hydrogen (secondary N) is 1. The molecule has 6 nitrogen and oxygen atoms in total. The Balaban J connectivity index is 2.26. The van der Waals surface area contributed by atoms with Crippen LogP contribution in [0.1, 0.15) is 265 Å². The van der Waals surface area contributed by atoms with E-state index >= 15 is 0 Å². The van der Waals surface area contributed by atoms with Gasteiger partial charge in [-0.25, -0.2) is 0 Å². The maximum absolute atomic E-state index is 12.8. The first-order chi connectivity index (χ1) is 28.0. The van der Waals surface area contributed by atoms with Gasteiger partial charge >= 0.3 is 11.9 Å². The molecule has 1 atom stereocenters. The lowest BCUT2D eigenvalue weighted by Gasteiger charge is -2.22. The van der Waals surface area contributed by atoms with E-state index in [0.717, 1.165) is 57.4 Å². The van der Waals surface area contributed by atoms with Gasteiger partial charge in [-0.05, 0) is 110 Å². The SMILES string of the molecule is CCCCCCCCC(CC)OC(=O)CCCCCCCN(CCCCCCCC(=O)OC(CCCCCCCC)CCCCCCCC)CCCSNC1CC1. The van der Waals surface area contributed by atoms with Gasteiger partial charge in [-0.1, -0.05) is 174 Å². The first-order valence-electron chi connectivity index (χ1n) is 25.5. The number of esters is 2. The van der Waals surface area contributed by atoms with Crippen molar-refractivity contribution in [1.29, 1.82) is 0 Å². The molecule has 0 radical (unpaired) electrons. The van der Waals surface area contributed by atoms with Crippen LogP contribution in [0.15, 0.2) is 0 Å². The first-order valence-corrected chi connectivity index (χ1v) is 26.5. The third-order valence-electron chi connectivity index (χ3n) is 11.9. The fourth-order valence-corrected chi connectivity index (χ4v) is 8.76. The van der Waals surface area contributed by atoms with Gasteiger partial charge in [-0.3, -0.25) is 14.3 Å². The lowest BCUT2D eigenvalue weighted by molar-refractivity contribution is -0.150. The van der Waals surface area contributed by atoms with Crippen molar-refractivity contribution >= 4 is 23.9 Å². The Labute approximate surface area is 360 Å². The van der Waals surface area contributed by atoms with Crippen LogP contribution >= 0.6 is 11.9 Å². The molecule has 1 fully saturated rings. The molecule has 1 aliphatic carbocycles. The Bertz CT molecular complexity index is 855. The van der Waals surface area contributed by atoms with Gasteiger partial charge in [0.25, 0.3) is 0 Å². The van der Waals surface area contributed by atoms with E-state index in [1.54, 1.807) is 0 Å². The Hall–Kier alpha value is -0.790. The predicted molar refractivity (Wildman–Crippen MR) is 249 cm³/mol. The minimum absolute atomic E-state index is 0.0132. The number of ether oxygens (including phenoxy) is 2. The quantitative estimate of drug-likeness (QED) is 0.0372. The zero-order valence-corrected chi connectivity index (χ0v) is 39.5. The average molecular weight is 823 g/mol. The molecule has 0 aliphatic heterocycles. The average Bonchev–Trinajstić information content (AvgIpc) is 4.04. The Kier molecular flexibility index (Phi) is 39.9. The van der Waals surface area contributed by atoms with Gasteiger partial charge in [0.05, 0.1) is 0 Å². The lowest BCUT2D eigenvalue weighted by Crippen LogP contribution is -2.28. The lowest BCUT2D eigenvalue weighted by atomic mass is 10.0. The number of carbonyl (C=O) groups excluding carboxylic acids is 2. The van der Waals surface area contributed by atoms with E-state index in [-0.39, 0.29) is 24.1 Å². The van der Waals surface area contributed by atoms with Crippen molar-refractivity contribution < 1.29 is 19.1 Å². The highest BCUT2D eigenvalue weighted by molar-refractivity contribution is 7.97. The van der Waals surface area contributed by atoms with Crippen molar-refractivity contribution in [3.05, 3.63) is 0 Å². The van der Waals surface area contributed by atoms with Gasteiger partial charge in [0.15, 0.2) is 0 Å². The largest absolute Gasteiger partial charge is 0.462 e. The molecule has 1 unspecified atom stereocenters. The molecule has 338 valence electrons.